The Kier molecular flexibility index (Phi) is 12.3. The minimum atomic E-state index is -3.68. The molecule has 0 N–H and O–H groups in total. The third-order valence-corrected chi connectivity index (χ3v) is 9.50. The Hall–Kier alpha value is -1.04. The highest BCUT2D eigenvalue weighted by atomic mass is 32.2. The summed E-state index contributed by atoms with van der Waals surface area (Å²) in [6.45, 7) is 4.18. The first-order valence-electron chi connectivity index (χ1n) is 10.8. The van der Waals surface area contributed by atoms with Gasteiger partial charge in [0, 0.05) is 0 Å². The van der Waals surface area contributed by atoms with E-state index < -0.39 is 20.2 Å². The fourth-order valence-electron chi connectivity index (χ4n) is 2.67. The molecule has 0 saturated carbocycles. The molecule has 0 radical (unpaired) electrons. The van der Waals surface area contributed by atoms with Gasteiger partial charge in [0.15, 0.2) is 0 Å². The fourth-order valence-corrected chi connectivity index (χ4v) is 6.49. The van der Waals surface area contributed by atoms with Crippen LogP contribution in [0.15, 0.2) is 58.3 Å². The molecule has 2 aromatic carbocycles. The molecular formula is C23H32O6S4. The van der Waals surface area contributed by atoms with E-state index in [1.54, 1.807) is 72.1 Å². The van der Waals surface area contributed by atoms with Crippen LogP contribution in [-0.2, 0) is 28.6 Å². The molecule has 0 aromatic heterocycles. The maximum Gasteiger partial charge on any atom is 0.296 e. The van der Waals surface area contributed by atoms with Crippen LogP contribution in [0.5, 0.6) is 0 Å². The largest absolute Gasteiger partial charge is 0.296 e. The Bertz CT molecular complexity index is 948. The lowest BCUT2D eigenvalue weighted by Crippen LogP contribution is -2.08. The Balaban J connectivity index is 1.44. The van der Waals surface area contributed by atoms with E-state index in [4.69, 9.17) is 8.37 Å². The van der Waals surface area contributed by atoms with Crippen molar-refractivity contribution >= 4 is 43.8 Å². The van der Waals surface area contributed by atoms with E-state index in [-0.39, 0.29) is 23.0 Å². The highest BCUT2D eigenvalue weighted by Crippen LogP contribution is 2.16. The van der Waals surface area contributed by atoms with Gasteiger partial charge in [-0.15, -0.1) is 0 Å². The van der Waals surface area contributed by atoms with Crippen molar-refractivity contribution in [1.82, 2.24) is 0 Å². The Morgan fingerprint density at radius 1 is 0.576 bits per heavy atom. The number of hydrogen-bond acceptors (Lipinski definition) is 8. The minimum absolute atomic E-state index is 0.184. The molecule has 0 aliphatic rings. The van der Waals surface area contributed by atoms with Gasteiger partial charge in [-0.05, 0) is 80.4 Å². The molecular weight excluding hydrogens is 501 g/mol. The quantitative estimate of drug-likeness (QED) is 0.219. The molecule has 184 valence electrons. The van der Waals surface area contributed by atoms with Crippen molar-refractivity contribution in [1.29, 1.82) is 0 Å². The van der Waals surface area contributed by atoms with Crippen molar-refractivity contribution in [3.63, 3.8) is 0 Å². The average Bonchev–Trinajstić information content (AvgIpc) is 2.77. The fraction of sp³-hybridized carbons (Fsp3) is 0.478. The third kappa shape index (κ3) is 10.8. The summed E-state index contributed by atoms with van der Waals surface area (Å²) in [7, 11) is -7.35. The minimum Gasteiger partial charge on any atom is -0.266 e. The molecule has 0 spiro atoms. The van der Waals surface area contributed by atoms with E-state index in [0.29, 0.717) is 12.8 Å². The van der Waals surface area contributed by atoms with Crippen molar-refractivity contribution in [3.8, 4) is 0 Å². The number of thioether (sulfide) groups is 2. The lowest BCUT2D eigenvalue weighted by Gasteiger charge is -2.07. The topological polar surface area (TPSA) is 86.7 Å². The van der Waals surface area contributed by atoms with E-state index in [0.717, 1.165) is 40.6 Å². The van der Waals surface area contributed by atoms with Crippen LogP contribution < -0.4 is 0 Å². The molecule has 10 heteroatoms. The first-order valence-corrected chi connectivity index (χ1v) is 15.9. The number of rotatable bonds is 16. The van der Waals surface area contributed by atoms with E-state index in [9.17, 15) is 16.8 Å². The smallest absolute Gasteiger partial charge is 0.266 e. The van der Waals surface area contributed by atoms with Crippen LogP contribution in [0.2, 0.25) is 0 Å². The third-order valence-electron chi connectivity index (χ3n) is 4.54. The standard InChI is InChI=1S/C23H32O6S4/c1-20-6-10-22(11-7-20)32(24,25)28-14-3-16-30-18-5-19-31-17-4-15-29-33(26,27)23-12-8-21(2)9-13-23/h6-13H,3-5,14-19H2,1-2H3. The molecule has 0 saturated heterocycles. The molecule has 6 nitrogen and oxygen atoms in total. The molecule has 2 aromatic rings. The van der Waals surface area contributed by atoms with Crippen molar-refractivity contribution in [2.24, 2.45) is 0 Å². The SMILES string of the molecule is Cc1ccc(S(=O)(=O)OCCCSCCCSCCCOS(=O)(=O)c2ccc(C)cc2)cc1. The van der Waals surface area contributed by atoms with Gasteiger partial charge in [0.2, 0.25) is 0 Å². The Labute approximate surface area is 207 Å². The number of benzene rings is 2. The van der Waals surface area contributed by atoms with E-state index in [1.807, 2.05) is 13.8 Å². The van der Waals surface area contributed by atoms with E-state index >= 15 is 0 Å². The maximum absolute atomic E-state index is 12.1. The molecule has 0 fully saturated rings. The van der Waals surface area contributed by atoms with E-state index in [1.165, 1.54) is 0 Å². The summed E-state index contributed by atoms with van der Waals surface area (Å²) in [5, 5.41) is 0. The molecule has 0 aliphatic heterocycles. The van der Waals surface area contributed by atoms with Gasteiger partial charge in [0.05, 0.1) is 23.0 Å². The summed E-state index contributed by atoms with van der Waals surface area (Å²) < 4.78 is 58.6. The lowest BCUT2D eigenvalue weighted by atomic mass is 10.2. The predicted octanol–water partition coefficient (Wildman–Crippen LogP) is 5.05. The monoisotopic (exact) mass is 532 g/mol. The normalized spacial score (nSPS) is 12.2. The van der Waals surface area contributed by atoms with Gasteiger partial charge in [-0.2, -0.15) is 40.4 Å². The van der Waals surface area contributed by atoms with Gasteiger partial charge in [-0.3, -0.25) is 8.37 Å². The van der Waals surface area contributed by atoms with Crippen LogP contribution in [-0.4, -0.2) is 53.1 Å². The van der Waals surface area contributed by atoms with Crippen molar-refractivity contribution in [3.05, 3.63) is 59.7 Å². The second-order valence-electron chi connectivity index (χ2n) is 7.46. The van der Waals surface area contributed by atoms with Crippen molar-refractivity contribution in [2.75, 3.05) is 36.2 Å². The summed E-state index contributed by atoms with van der Waals surface area (Å²) in [5.41, 5.74) is 2.01. The highest BCUT2D eigenvalue weighted by Gasteiger charge is 2.15. The lowest BCUT2D eigenvalue weighted by molar-refractivity contribution is 0.318. The molecule has 33 heavy (non-hydrogen) atoms. The molecule has 0 unspecified atom stereocenters. The van der Waals surface area contributed by atoms with Gasteiger partial charge in [0.25, 0.3) is 20.2 Å². The van der Waals surface area contributed by atoms with Crippen LogP contribution in [0.1, 0.15) is 30.4 Å². The van der Waals surface area contributed by atoms with Gasteiger partial charge < -0.3 is 0 Å². The zero-order valence-electron chi connectivity index (χ0n) is 19.1. The summed E-state index contributed by atoms with van der Waals surface area (Å²) in [6.07, 6.45) is 2.39. The summed E-state index contributed by atoms with van der Waals surface area (Å²) >= 11 is 3.56. The van der Waals surface area contributed by atoms with Crippen molar-refractivity contribution in [2.45, 2.75) is 42.9 Å². The average molecular weight is 533 g/mol. The Morgan fingerprint density at radius 3 is 1.27 bits per heavy atom. The van der Waals surface area contributed by atoms with Crippen LogP contribution in [0, 0.1) is 13.8 Å². The second-order valence-corrected chi connectivity index (χ2v) is 13.1. The molecule has 0 bridgehead atoms. The van der Waals surface area contributed by atoms with Crippen molar-refractivity contribution < 1.29 is 25.2 Å². The molecule has 2 rings (SSSR count). The van der Waals surface area contributed by atoms with E-state index in [2.05, 4.69) is 0 Å². The predicted molar refractivity (Wildman–Crippen MR) is 137 cm³/mol. The van der Waals surface area contributed by atoms with Gasteiger partial charge in [0.1, 0.15) is 0 Å². The molecule has 0 heterocycles. The molecule has 0 atom stereocenters. The first-order chi connectivity index (χ1) is 15.7. The maximum atomic E-state index is 12.1. The summed E-state index contributed by atoms with van der Waals surface area (Å²) in [4.78, 5) is 0.381. The number of aryl methyl sites for hydroxylation is 2. The van der Waals surface area contributed by atoms with Crippen LogP contribution in [0.3, 0.4) is 0 Å². The second kappa shape index (κ2) is 14.4. The number of hydrogen-bond donors (Lipinski definition) is 0. The Morgan fingerprint density at radius 2 is 0.909 bits per heavy atom. The molecule has 0 aliphatic carbocycles. The van der Waals surface area contributed by atoms with Crippen LogP contribution >= 0.6 is 23.5 Å². The summed E-state index contributed by atoms with van der Waals surface area (Å²) in [5.74, 6) is 3.68. The van der Waals surface area contributed by atoms with Crippen LogP contribution in [0.4, 0.5) is 0 Å². The van der Waals surface area contributed by atoms with Gasteiger partial charge in [-0.1, -0.05) is 35.4 Å². The van der Waals surface area contributed by atoms with Crippen LogP contribution in [0.25, 0.3) is 0 Å². The molecule has 0 amide bonds. The highest BCUT2D eigenvalue weighted by molar-refractivity contribution is 8.00. The van der Waals surface area contributed by atoms with Gasteiger partial charge in [-0.25, -0.2) is 0 Å². The zero-order chi connectivity index (χ0) is 24.2. The van der Waals surface area contributed by atoms with Gasteiger partial charge >= 0.3 is 0 Å². The first kappa shape index (κ1) is 28.2. The zero-order valence-corrected chi connectivity index (χ0v) is 22.3. The summed E-state index contributed by atoms with van der Waals surface area (Å²) in [6, 6.07) is 13.3.